The smallest absolute Gasteiger partial charge is 0.0585 e. The van der Waals surface area contributed by atoms with Crippen molar-refractivity contribution in [2.24, 2.45) is 0 Å². The van der Waals surface area contributed by atoms with Crippen LogP contribution in [-0.4, -0.2) is 6.54 Å². The zero-order valence-electron chi connectivity index (χ0n) is 10.0. The van der Waals surface area contributed by atoms with Crippen LogP contribution < -0.4 is 5.32 Å². The lowest BCUT2D eigenvalue weighted by Crippen LogP contribution is -2.21. The van der Waals surface area contributed by atoms with Gasteiger partial charge in [-0.15, -0.1) is 0 Å². The van der Waals surface area contributed by atoms with E-state index in [1.165, 1.54) is 11.1 Å². The van der Waals surface area contributed by atoms with E-state index in [0.717, 1.165) is 17.1 Å². The summed E-state index contributed by atoms with van der Waals surface area (Å²) in [6.45, 7) is 5.08. The van der Waals surface area contributed by atoms with Gasteiger partial charge < -0.3 is 5.32 Å². The molecule has 1 aromatic carbocycles. The molecule has 17 heavy (non-hydrogen) atoms. The average Bonchev–Trinajstić information content (AvgIpc) is 2.83. The largest absolute Gasteiger partial charge is 0.307 e. The maximum Gasteiger partial charge on any atom is 0.0585 e. The van der Waals surface area contributed by atoms with Crippen LogP contribution in [0.15, 0.2) is 35.0 Å². The number of halogens is 1. The molecule has 1 aromatic heterocycles. The second-order valence-corrected chi connectivity index (χ2v) is 5.24. The molecule has 0 aliphatic heterocycles. The predicted octanol–water partition coefficient (Wildman–Crippen LogP) is 4.41. The van der Waals surface area contributed by atoms with E-state index in [9.17, 15) is 0 Å². The normalized spacial score (nSPS) is 12.6. The van der Waals surface area contributed by atoms with Gasteiger partial charge in [-0.1, -0.05) is 30.7 Å². The number of benzene rings is 1. The molecule has 2 aromatic rings. The van der Waals surface area contributed by atoms with Crippen LogP contribution in [0.2, 0.25) is 5.02 Å². The van der Waals surface area contributed by atoms with Gasteiger partial charge in [0.05, 0.1) is 6.04 Å². The first-order chi connectivity index (χ1) is 8.22. The molecular formula is C14H16ClNS. The molecule has 90 valence electrons. The van der Waals surface area contributed by atoms with Crippen LogP contribution >= 0.6 is 22.9 Å². The van der Waals surface area contributed by atoms with Gasteiger partial charge in [0, 0.05) is 5.02 Å². The van der Waals surface area contributed by atoms with Gasteiger partial charge in [0.1, 0.15) is 0 Å². The standard InChI is InChI=1S/C14H16ClNS/c1-3-16-14(12-6-7-17-9-12)11-5-4-10(2)13(15)8-11/h4-9,14,16H,3H2,1-2H3. The SMILES string of the molecule is CCNC(c1ccsc1)c1ccc(C)c(Cl)c1. The van der Waals surface area contributed by atoms with Crippen LogP contribution in [0, 0.1) is 6.92 Å². The van der Waals surface area contributed by atoms with E-state index >= 15 is 0 Å². The van der Waals surface area contributed by atoms with Crippen LogP contribution in [0.4, 0.5) is 0 Å². The van der Waals surface area contributed by atoms with Crippen molar-refractivity contribution in [3.63, 3.8) is 0 Å². The Morgan fingerprint density at radius 2 is 2.12 bits per heavy atom. The molecule has 3 heteroatoms. The van der Waals surface area contributed by atoms with Gasteiger partial charge in [0.2, 0.25) is 0 Å². The van der Waals surface area contributed by atoms with Gasteiger partial charge in [-0.05, 0) is 53.1 Å². The Balaban J connectivity index is 2.35. The molecule has 1 atom stereocenters. The minimum Gasteiger partial charge on any atom is -0.307 e. The van der Waals surface area contributed by atoms with Crippen molar-refractivity contribution < 1.29 is 0 Å². The fourth-order valence-electron chi connectivity index (χ4n) is 1.86. The number of nitrogens with one attached hydrogen (secondary N) is 1. The molecule has 1 unspecified atom stereocenters. The minimum atomic E-state index is 0.240. The van der Waals surface area contributed by atoms with Crippen LogP contribution in [0.5, 0.6) is 0 Å². The molecule has 0 saturated carbocycles. The van der Waals surface area contributed by atoms with Crippen LogP contribution in [-0.2, 0) is 0 Å². The fraction of sp³-hybridized carbons (Fsp3) is 0.286. The summed E-state index contributed by atoms with van der Waals surface area (Å²) >= 11 is 7.92. The van der Waals surface area contributed by atoms with E-state index in [1.807, 2.05) is 6.92 Å². The van der Waals surface area contributed by atoms with E-state index in [0.29, 0.717) is 0 Å². The monoisotopic (exact) mass is 265 g/mol. The molecule has 1 nitrogen and oxygen atoms in total. The highest BCUT2D eigenvalue weighted by Crippen LogP contribution is 2.27. The molecule has 0 aliphatic rings. The van der Waals surface area contributed by atoms with Crippen LogP contribution in [0.25, 0.3) is 0 Å². The highest BCUT2D eigenvalue weighted by atomic mass is 35.5. The molecule has 1 N–H and O–H groups in total. The highest BCUT2D eigenvalue weighted by Gasteiger charge is 2.13. The molecule has 0 aliphatic carbocycles. The third kappa shape index (κ3) is 2.89. The lowest BCUT2D eigenvalue weighted by atomic mass is 10.00. The Labute approximate surface area is 111 Å². The summed E-state index contributed by atoms with van der Waals surface area (Å²) in [5, 5.41) is 8.62. The van der Waals surface area contributed by atoms with Crippen molar-refractivity contribution >= 4 is 22.9 Å². The van der Waals surface area contributed by atoms with E-state index in [1.54, 1.807) is 11.3 Å². The third-order valence-corrected chi connectivity index (χ3v) is 3.92. The quantitative estimate of drug-likeness (QED) is 0.864. The van der Waals surface area contributed by atoms with Crippen LogP contribution in [0.1, 0.15) is 29.7 Å². The Bertz CT molecular complexity index is 479. The molecule has 2 rings (SSSR count). The summed E-state index contributed by atoms with van der Waals surface area (Å²) in [5.41, 5.74) is 3.65. The predicted molar refractivity (Wildman–Crippen MR) is 76.0 cm³/mol. The molecule has 0 saturated heterocycles. The average molecular weight is 266 g/mol. The van der Waals surface area contributed by atoms with Crippen molar-refractivity contribution in [2.45, 2.75) is 19.9 Å². The zero-order valence-corrected chi connectivity index (χ0v) is 11.6. The lowest BCUT2D eigenvalue weighted by molar-refractivity contribution is 0.632. The van der Waals surface area contributed by atoms with Crippen molar-refractivity contribution in [3.05, 3.63) is 56.7 Å². The topological polar surface area (TPSA) is 12.0 Å². The fourth-order valence-corrected chi connectivity index (χ4v) is 2.74. The Morgan fingerprint density at radius 1 is 1.29 bits per heavy atom. The van der Waals surface area contributed by atoms with Gasteiger partial charge in [-0.25, -0.2) is 0 Å². The highest BCUT2D eigenvalue weighted by molar-refractivity contribution is 7.08. The van der Waals surface area contributed by atoms with Gasteiger partial charge in [0.25, 0.3) is 0 Å². The lowest BCUT2D eigenvalue weighted by Gasteiger charge is -2.18. The molecule has 0 bridgehead atoms. The number of hydrogen-bond acceptors (Lipinski definition) is 2. The third-order valence-electron chi connectivity index (χ3n) is 2.81. The molecule has 0 amide bonds. The van der Waals surface area contributed by atoms with E-state index in [2.05, 4.69) is 47.3 Å². The summed E-state index contributed by atoms with van der Waals surface area (Å²) in [6, 6.07) is 8.68. The number of rotatable bonds is 4. The molecule has 1 heterocycles. The first-order valence-corrected chi connectivity index (χ1v) is 7.06. The second kappa shape index (κ2) is 5.67. The summed E-state index contributed by atoms with van der Waals surface area (Å²) in [5.74, 6) is 0. The van der Waals surface area contributed by atoms with Crippen molar-refractivity contribution in [2.75, 3.05) is 6.54 Å². The Morgan fingerprint density at radius 3 is 2.71 bits per heavy atom. The second-order valence-electron chi connectivity index (χ2n) is 4.06. The van der Waals surface area contributed by atoms with E-state index in [4.69, 9.17) is 11.6 Å². The Kier molecular flexibility index (Phi) is 4.21. The van der Waals surface area contributed by atoms with E-state index < -0.39 is 0 Å². The number of aryl methyl sites for hydroxylation is 1. The van der Waals surface area contributed by atoms with E-state index in [-0.39, 0.29) is 6.04 Å². The van der Waals surface area contributed by atoms with Crippen molar-refractivity contribution in [3.8, 4) is 0 Å². The molecule has 0 radical (unpaired) electrons. The van der Waals surface area contributed by atoms with Crippen molar-refractivity contribution in [1.82, 2.24) is 5.32 Å². The first kappa shape index (κ1) is 12.6. The van der Waals surface area contributed by atoms with Gasteiger partial charge in [-0.3, -0.25) is 0 Å². The Hall–Kier alpha value is -0.830. The number of thiophene rings is 1. The van der Waals surface area contributed by atoms with Crippen molar-refractivity contribution in [1.29, 1.82) is 0 Å². The van der Waals surface area contributed by atoms with Gasteiger partial charge in [-0.2, -0.15) is 11.3 Å². The van der Waals surface area contributed by atoms with Crippen LogP contribution in [0.3, 0.4) is 0 Å². The summed E-state index contributed by atoms with van der Waals surface area (Å²) in [4.78, 5) is 0. The summed E-state index contributed by atoms with van der Waals surface area (Å²) < 4.78 is 0. The van der Waals surface area contributed by atoms with Gasteiger partial charge >= 0.3 is 0 Å². The number of hydrogen-bond donors (Lipinski definition) is 1. The maximum absolute atomic E-state index is 6.19. The zero-order chi connectivity index (χ0) is 12.3. The first-order valence-electron chi connectivity index (χ1n) is 5.74. The summed E-state index contributed by atoms with van der Waals surface area (Å²) in [7, 11) is 0. The van der Waals surface area contributed by atoms with Gasteiger partial charge in [0.15, 0.2) is 0 Å². The summed E-state index contributed by atoms with van der Waals surface area (Å²) in [6.07, 6.45) is 0. The molecule has 0 fully saturated rings. The molecule has 0 spiro atoms. The minimum absolute atomic E-state index is 0.240. The molecular weight excluding hydrogens is 250 g/mol. The maximum atomic E-state index is 6.19.